The van der Waals surface area contributed by atoms with Gasteiger partial charge in [-0.05, 0) is 30.4 Å². The monoisotopic (exact) mass is 270 g/mol. The predicted molar refractivity (Wildman–Crippen MR) is 77.8 cm³/mol. The predicted octanol–water partition coefficient (Wildman–Crippen LogP) is 4.04. The van der Waals surface area contributed by atoms with Crippen molar-refractivity contribution in [3.63, 3.8) is 0 Å². The molecule has 1 aliphatic carbocycles. The molecule has 0 saturated heterocycles. The first-order valence-electron chi connectivity index (χ1n) is 6.55. The van der Waals surface area contributed by atoms with E-state index in [-0.39, 0.29) is 5.78 Å². The average Bonchev–Trinajstić information content (AvgIpc) is 2.45. The van der Waals surface area contributed by atoms with E-state index in [0.717, 1.165) is 23.1 Å². The average molecular weight is 271 g/mol. The van der Waals surface area contributed by atoms with Crippen LogP contribution in [0.3, 0.4) is 0 Å². The standard InChI is InChI=1S/C17H15ClO/c18-17(12-13-6-2-1-3-7-13)11-10-14-8-4-5-9-15(14)16(17)19/h1-9H,10-12H2/t17-/m1/s1. The Balaban J connectivity index is 1.92. The summed E-state index contributed by atoms with van der Waals surface area (Å²) in [6, 6.07) is 17.8. The molecule has 2 aromatic rings. The summed E-state index contributed by atoms with van der Waals surface area (Å²) in [7, 11) is 0. The number of fused-ring (bicyclic) bond motifs is 1. The minimum absolute atomic E-state index is 0.0693. The highest BCUT2D eigenvalue weighted by atomic mass is 35.5. The molecule has 2 heteroatoms. The quantitative estimate of drug-likeness (QED) is 0.753. The Hall–Kier alpha value is -1.60. The lowest BCUT2D eigenvalue weighted by Gasteiger charge is -2.31. The van der Waals surface area contributed by atoms with Crippen LogP contribution >= 0.6 is 11.6 Å². The molecule has 19 heavy (non-hydrogen) atoms. The van der Waals surface area contributed by atoms with Crippen LogP contribution in [0, 0.1) is 0 Å². The number of Topliss-reactive ketones (excluding diaryl/α,β-unsaturated/α-hetero) is 1. The van der Waals surface area contributed by atoms with E-state index in [1.165, 1.54) is 0 Å². The van der Waals surface area contributed by atoms with Crippen molar-refractivity contribution in [2.45, 2.75) is 24.1 Å². The molecule has 0 bridgehead atoms. The SMILES string of the molecule is O=C1c2ccccc2CC[C@@]1(Cl)Cc1ccccc1. The first-order chi connectivity index (χ1) is 9.19. The van der Waals surface area contributed by atoms with Gasteiger partial charge < -0.3 is 0 Å². The van der Waals surface area contributed by atoms with Crippen LogP contribution in [0.1, 0.15) is 27.9 Å². The van der Waals surface area contributed by atoms with E-state index in [1.54, 1.807) is 0 Å². The van der Waals surface area contributed by atoms with Crippen LogP contribution in [0.4, 0.5) is 0 Å². The number of halogens is 1. The van der Waals surface area contributed by atoms with Gasteiger partial charge in [0.1, 0.15) is 4.87 Å². The number of rotatable bonds is 2. The van der Waals surface area contributed by atoms with E-state index in [1.807, 2.05) is 54.6 Å². The van der Waals surface area contributed by atoms with E-state index < -0.39 is 4.87 Å². The third-order valence-electron chi connectivity index (χ3n) is 3.79. The van der Waals surface area contributed by atoms with Gasteiger partial charge in [-0.25, -0.2) is 0 Å². The minimum Gasteiger partial charge on any atom is -0.292 e. The van der Waals surface area contributed by atoms with Crippen LogP contribution in [0.2, 0.25) is 0 Å². The first-order valence-corrected chi connectivity index (χ1v) is 6.92. The third-order valence-corrected chi connectivity index (χ3v) is 4.28. The van der Waals surface area contributed by atoms with Crippen molar-refractivity contribution in [2.75, 3.05) is 0 Å². The Labute approximate surface area is 118 Å². The van der Waals surface area contributed by atoms with Crippen molar-refractivity contribution >= 4 is 17.4 Å². The Morgan fingerprint density at radius 2 is 1.68 bits per heavy atom. The molecule has 0 heterocycles. The maximum Gasteiger partial charge on any atom is 0.184 e. The summed E-state index contributed by atoms with van der Waals surface area (Å²) in [5.41, 5.74) is 3.03. The lowest BCUT2D eigenvalue weighted by Crippen LogP contribution is -2.39. The van der Waals surface area contributed by atoms with Gasteiger partial charge in [0.2, 0.25) is 0 Å². The van der Waals surface area contributed by atoms with Crippen molar-refractivity contribution in [3.8, 4) is 0 Å². The van der Waals surface area contributed by atoms with Crippen molar-refractivity contribution in [3.05, 3.63) is 71.3 Å². The third kappa shape index (κ3) is 2.31. The number of hydrogen-bond acceptors (Lipinski definition) is 1. The highest BCUT2D eigenvalue weighted by Crippen LogP contribution is 2.36. The summed E-state index contributed by atoms with van der Waals surface area (Å²) < 4.78 is 0. The normalized spacial score (nSPS) is 22.1. The fourth-order valence-electron chi connectivity index (χ4n) is 2.74. The summed E-state index contributed by atoms with van der Waals surface area (Å²) in [4.78, 5) is 11.8. The molecule has 1 atom stereocenters. The van der Waals surface area contributed by atoms with Gasteiger partial charge in [0.15, 0.2) is 5.78 Å². The van der Waals surface area contributed by atoms with E-state index >= 15 is 0 Å². The van der Waals surface area contributed by atoms with Gasteiger partial charge in [0.05, 0.1) is 0 Å². The molecule has 0 saturated carbocycles. The number of benzene rings is 2. The molecule has 96 valence electrons. The van der Waals surface area contributed by atoms with E-state index in [2.05, 4.69) is 0 Å². The minimum atomic E-state index is -0.782. The summed E-state index contributed by atoms with van der Waals surface area (Å²) in [6.45, 7) is 0. The van der Waals surface area contributed by atoms with E-state index in [4.69, 9.17) is 11.6 Å². The summed E-state index contributed by atoms with van der Waals surface area (Å²) >= 11 is 6.64. The van der Waals surface area contributed by atoms with Gasteiger partial charge in [0, 0.05) is 5.56 Å². The molecule has 0 unspecified atom stereocenters. The first kappa shape index (κ1) is 12.4. The highest BCUT2D eigenvalue weighted by Gasteiger charge is 2.40. The summed E-state index contributed by atoms with van der Waals surface area (Å²) in [6.07, 6.45) is 2.18. The second kappa shape index (κ2) is 4.82. The van der Waals surface area contributed by atoms with Gasteiger partial charge in [-0.15, -0.1) is 11.6 Å². The summed E-state index contributed by atoms with van der Waals surface area (Å²) in [5.74, 6) is 0.0693. The summed E-state index contributed by atoms with van der Waals surface area (Å²) in [5, 5.41) is 0. The van der Waals surface area contributed by atoms with Crippen LogP contribution < -0.4 is 0 Å². The van der Waals surface area contributed by atoms with Crippen LogP contribution in [0.15, 0.2) is 54.6 Å². The Morgan fingerprint density at radius 3 is 2.47 bits per heavy atom. The van der Waals surface area contributed by atoms with E-state index in [0.29, 0.717) is 12.8 Å². The Bertz CT molecular complexity index is 606. The molecule has 0 aliphatic heterocycles. The Morgan fingerprint density at radius 1 is 1.00 bits per heavy atom. The van der Waals surface area contributed by atoms with Gasteiger partial charge >= 0.3 is 0 Å². The fourth-order valence-corrected chi connectivity index (χ4v) is 3.09. The van der Waals surface area contributed by atoms with Gasteiger partial charge in [-0.1, -0.05) is 54.6 Å². The largest absolute Gasteiger partial charge is 0.292 e. The lowest BCUT2D eigenvalue weighted by molar-refractivity contribution is 0.0922. The molecular weight excluding hydrogens is 256 g/mol. The van der Waals surface area contributed by atoms with Crippen LogP contribution in [-0.2, 0) is 12.8 Å². The molecule has 2 aromatic carbocycles. The number of ketones is 1. The van der Waals surface area contributed by atoms with Crippen LogP contribution in [0.25, 0.3) is 0 Å². The number of aryl methyl sites for hydroxylation is 1. The second-order valence-corrected chi connectivity index (χ2v) is 5.84. The van der Waals surface area contributed by atoms with Crippen LogP contribution in [-0.4, -0.2) is 10.7 Å². The van der Waals surface area contributed by atoms with Crippen LogP contribution in [0.5, 0.6) is 0 Å². The number of alkyl halides is 1. The van der Waals surface area contributed by atoms with Gasteiger partial charge in [-0.2, -0.15) is 0 Å². The highest BCUT2D eigenvalue weighted by molar-refractivity contribution is 6.38. The molecular formula is C17H15ClO. The maximum absolute atomic E-state index is 12.6. The molecule has 0 radical (unpaired) electrons. The molecule has 0 N–H and O–H groups in total. The zero-order chi connectivity index (χ0) is 13.3. The molecule has 3 rings (SSSR count). The molecule has 0 fully saturated rings. The lowest BCUT2D eigenvalue weighted by atomic mass is 9.79. The number of carbonyl (C=O) groups is 1. The molecule has 0 spiro atoms. The van der Waals surface area contributed by atoms with Gasteiger partial charge in [0.25, 0.3) is 0 Å². The Kier molecular flexibility index (Phi) is 3.16. The van der Waals surface area contributed by atoms with Gasteiger partial charge in [-0.3, -0.25) is 4.79 Å². The fraction of sp³-hybridized carbons (Fsp3) is 0.235. The number of hydrogen-bond donors (Lipinski definition) is 0. The van der Waals surface area contributed by atoms with Crippen molar-refractivity contribution in [1.82, 2.24) is 0 Å². The van der Waals surface area contributed by atoms with E-state index in [9.17, 15) is 4.79 Å². The van der Waals surface area contributed by atoms with Crippen molar-refractivity contribution in [1.29, 1.82) is 0 Å². The molecule has 1 aliphatic rings. The smallest absolute Gasteiger partial charge is 0.184 e. The molecule has 0 amide bonds. The second-order valence-electron chi connectivity index (χ2n) is 5.11. The molecule has 0 aromatic heterocycles. The zero-order valence-corrected chi connectivity index (χ0v) is 11.4. The van der Waals surface area contributed by atoms with Crippen molar-refractivity contribution in [2.24, 2.45) is 0 Å². The molecule has 1 nitrogen and oxygen atoms in total. The topological polar surface area (TPSA) is 17.1 Å². The van der Waals surface area contributed by atoms with Crippen molar-refractivity contribution < 1.29 is 4.79 Å². The zero-order valence-electron chi connectivity index (χ0n) is 10.6. The maximum atomic E-state index is 12.6. The number of carbonyl (C=O) groups excluding carboxylic acids is 1.